The van der Waals surface area contributed by atoms with Gasteiger partial charge in [0.1, 0.15) is 0 Å². The van der Waals surface area contributed by atoms with Crippen molar-refractivity contribution in [3.63, 3.8) is 0 Å². The van der Waals surface area contributed by atoms with E-state index in [1.807, 2.05) is 13.8 Å². The Morgan fingerprint density at radius 3 is 1.11 bits per heavy atom. The van der Waals surface area contributed by atoms with Gasteiger partial charge in [0.25, 0.3) is 0 Å². The molecule has 2 aromatic carbocycles. The van der Waals surface area contributed by atoms with Crippen LogP contribution in [0.5, 0.6) is 0 Å². The molecule has 0 radical (unpaired) electrons. The molecule has 0 aliphatic carbocycles. The van der Waals surface area contributed by atoms with Gasteiger partial charge in [0.15, 0.2) is 0 Å². The first-order chi connectivity index (χ1) is 22.0. The Labute approximate surface area is 271 Å². The quantitative estimate of drug-likeness (QED) is 0.394. The van der Waals surface area contributed by atoms with Crippen LogP contribution >= 0.6 is 0 Å². The Bertz CT molecular complexity index is 1320. The molecule has 0 saturated carbocycles. The van der Waals surface area contributed by atoms with Crippen molar-refractivity contribution in [2.45, 2.75) is 23.6 Å². The number of carbonyl (C=O) groups is 2. The van der Waals surface area contributed by atoms with E-state index in [0.29, 0.717) is 0 Å². The van der Waals surface area contributed by atoms with Crippen LogP contribution in [0.15, 0.2) is 58.3 Å². The molecule has 2 aromatic rings. The van der Waals surface area contributed by atoms with Gasteiger partial charge >= 0.3 is 0 Å². The standard InChI is InChI=1S/C30H44N4O10S2/c1-25-3-7-27(8-4-25)45(37,38)31-23-29(35)33-11-15-41-19-21-43-17-13-34(14-18-44-22-20-42-16-12-33)30(36)24-32-46(39,40)28-9-5-26(2)6-10-28/h3-10,31-32H,11-24H2,1-2H3. The largest absolute Gasteiger partial charge is 0.377 e. The first-order valence-electron chi connectivity index (χ1n) is 15.0. The van der Waals surface area contributed by atoms with Crippen LogP contribution in [0.2, 0.25) is 0 Å². The van der Waals surface area contributed by atoms with E-state index >= 15 is 0 Å². The van der Waals surface area contributed by atoms with Crippen molar-refractivity contribution in [2.75, 3.05) is 92.1 Å². The highest BCUT2D eigenvalue weighted by Crippen LogP contribution is 2.11. The van der Waals surface area contributed by atoms with Gasteiger partial charge in [0, 0.05) is 26.2 Å². The van der Waals surface area contributed by atoms with Crippen LogP contribution in [0.4, 0.5) is 0 Å². The van der Waals surface area contributed by atoms with E-state index in [1.165, 1.54) is 34.1 Å². The lowest BCUT2D eigenvalue weighted by atomic mass is 10.2. The second-order valence-corrected chi connectivity index (χ2v) is 14.0. The van der Waals surface area contributed by atoms with Crippen molar-refractivity contribution in [2.24, 2.45) is 0 Å². The number of hydrogen-bond donors (Lipinski definition) is 2. The van der Waals surface area contributed by atoms with E-state index in [4.69, 9.17) is 18.9 Å². The fraction of sp³-hybridized carbons (Fsp3) is 0.533. The Morgan fingerprint density at radius 1 is 0.543 bits per heavy atom. The number of nitrogens with zero attached hydrogens (tertiary/aromatic N) is 2. The number of hydrogen-bond acceptors (Lipinski definition) is 10. The fourth-order valence-electron chi connectivity index (χ4n) is 4.20. The summed E-state index contributed by atoms with van der Waals surface area (Å²) in [5, 5.41) is 0. The molecular formula is C30H44N4O10S2. The van der Waals surface area contributed by atoms with Crippen LogP contribution in [-0.2, 0) is 48.6 Å². The molecule has 1 saturated heterocycles. The Hall–Kier alpha value is -2.96. The molecule has 14 nitrogen and oxygen atoms in total. The smallest absolute Gasteiger partial charge is 0.241 e. The normalized spacial score (nSPS) is 17.2. The van der Waals surface area contributed by atoms with Crippen LogP contribution in [0.1, 0.15) is 11.1 Å². The average molecular weight is 685 g/mol. The second kappa shape index (κ2) is 19.0. The Kier molecular flexibility index (Phi) is 15.5. The molecule has 2 N–H and O–H groups in total. The van der Waals surface area contributed by atoms with Gasteiger partial charge in [-0.3, -0.25) is 9.59 Å². The van der Waals surface area contributed by atoms with E-state index in [0.717, 1.165) is 11.1 Å². The molecule has 0 bridgehead atoms. The summed E-state index contributed by atoms with van der Waals surface area (Å²) in [5.41, 5.74) is 1.84. The lowest BCUT2D eigenvalue weighted by Gasteiger charge is -2.24. The third-order valence-electron chi connectivity index (χ3n) is 6.96. The zero-order chi connectivity index (χ0) is 33.4. The van der Waals surface area contributed by atoms with Gasteiger partial charge in [-0.25, -0.2) is 26.3 Å². The maximum absolute atomic E-state index is 12.9. The van der Waals surface area contributed by atoms with Crippen LogP contribution < -0.4 is 9.44 Å². The third-order valence-corrected chi connectivity index (χ3v) is 9.80. The zero-order valence-corrected chi connectivity index (χ0v) is 27.9. The van der Waals surface area contributed by atoms with Crippen LogP contribution in [-0.4, -0.2) is 131 Å². The molecular weight excluding hydrogens is 640 g/mol. The van der Waals surface area contributed by atoms with Crippen molar-refractivity contribution in [1.82, 2.24) is 19.2 Å². The topological polar surface area (TPSA) is 170 Å². The van der Waals surface area contributed by atoms with Gasteiger partial charge in [0.2, 0.25) is 31.9 Å². The number of carbonyl (C=O) groups excluding carboxylic acids is 2. The summed E-state index contributed by atoms with van der Waals surface area (Å²) in [5.74, 6) is -0.841. The Morgan fingerprint density at radius 2 is 0.826 bits per heavy atom. The van der Waals surface area contributed by atoms with E-state index in [1.54, 1.807) is 24.3 Å². The molecule has 16 heteroatoms. The highest BCUT2D eigenvalue weighted by atomic mass is 32.2. The summed E-state index contributed by atoms with van der Waals surface area (Å²) in [4.78, 5) is 28.9. The Balaban J connectivity index is 1.46. The van der Waals surface area contributed by atoms with Crippen LogP contribution in [0.3, 0.4) is 0 Å². The minimum Gasteiger partial charge on any atom is -0.377 e. The minimum absolute atomic E-state index is 0.0764. The molecule has 1 aliphatic rings. The SMILES string of the molecule is Cc1ccc(S(=O)(=O)NCC(=O)N2CCOCCOCCN(C(=O)CNS(=O)(=O)c3ccc(C)cc3)CCOCCOCC2)cc1. The van der Waals surface area contributed by atoms with E-state index in [2.05, 4.69) is 9.44 Å². The molecule has 0 aromatic heterocycles. The predicted molar refractivity (Wildman–Crippen MR) is 169 cm³/mol. The van der Waals surface area contributed by atoms with Gasteiger partial charge in [-0.1, -0.05) is 35.4 Å². The van der Waals surface area contributed by atoms with Gasteiger partial charge < -0.3 is 28.7 Å². The van der Waals surface area contributed by atoms with Gasteiger partial charge in [-0.05, 0) is 38.1 Å². The summed E-state index contributed by atoms with van der Waals surface area (Å²) in [6.07, 6.45) is 0. The van der Waals surface area contributed by atoms with Crippen LogP contribution in [0.25, 0.3) is 0 Å². The molecule has 1 aliphatic heterocycles. The number of sulfonamides is 2. The summed E-state index contributed by atoms with van der Waals surface area (Å²) < 4.78 is 77.6. The van der Waals surface area contributed by atoms with Crippen molar-refractivity contribution in [1.29, 1.82) is 0 Å². The van der Waals surface area contributed by atoms with Crippen molar-refractivity contribution in [3.05, 3.63) is 59.7 Å². The summed E-state index contributed by atoms with van der Waals surface area (Å²) >= 11 is 0. The zero-order valence-electron chi connectivity index (χ0n) is 26.3. The first-order valence-corrected chi connectivity index (χ1v) is 17.9. The third kappa shape index (κ3) is 13.0. The molecule has 2 amide bonds. The van der Waals surface area contributed by atoms with Gasteiger partial charge in [-0.2, -0.15) is 0 Å². The number of aryl methyl sites for hydroxylation is 2. The number of nitrogens with one attached hydrogen (secondary N) is 2. The molecule has 256 valence electrons. The summed E-state index contributed by atoms with van der Waals surface area (Å²) in [6, 6.07) is 12.7. The maximum Gasteiger partial charge on any atom is 0.241 e. The number of ether oxygens (including phenoxy) is 4. The first kappa shape index (κ1) is 37.5. The number of rotatable bonds is 8. The van der Waals surface area contributed by atoms with Crippen molar-refractivity contribution < 1.29 is 45.4 Å². The van der Waals surface area contributed by atoms with Crippen LogP contribution in [0, 0.1) is 13.8 Å². The molecule has 0 atom stereocenters. The molecule has 1 heterocycles. The van der Waals surface area contributed by atoms with Gasteiger partial charge in [-0.15, -0.1) is 0 Å². The molecule has 46 heavy (non-hydrogen) atoms. The second-order valence-electron chi connectivity index (χ2n) is 10.5. The number of benzene rings is 2. The van der Waals surface area contributed by atoms with E-state index in [-0.39, 0.29) is 88.8 Å². The van der Waals surface area contributed by atoms with E-state index in [9.17, 15) is 26.4 Å². The predicted octanol–water partition coefficient (Wildman–Crippen LogP) is 0.297. The molecule has 3 rings (SSSR count). The lowest BCUT2D eigenvalue weighted by Crippen LogP contribution is -2.43. The molecule has 0 spiro atoms. The van der Waals surface area contributed by atoms with Crippen molar-refractivity contribution >= 4 is 31.9 Å². The van der Waals surface area contributed by atoms with E-state index < -0.39 is 45.0 Å². The molecule has 1 fully saturated rings. The maximum atomic E-state index is 12.9. The minimum atomic E-state index is -3.85. The van der Waals surface area contributed by atoms with Crippen molar-refractivity contribution in [3.8, 4) is 0 Å². The monoisotopic (exact) mass is 684 g/mol. The summed E-state index contributed by atoms with van der Waals surface area (Å²) in [6.45, 7) is 5.41. The van der Waals surface area contributed by atoms with Gasteiger partial charge in [0.05, 0.1) is 75.7 Å². The fourth-order valence-corrected chi connectivity index (χ4v) is 6.15. The molecule has 0 unspecified atom stereocenters. The highest BCUT2D eigenvalue weighted by Gasteiger charge is 2.21. The average Bonchev–Trinajstić information content (AvgIpc) is 3.03. The highest BCUT2D eigenvalue weighted by molar-refractivity contribution is 7.89. The summed E-state index contributed by atoms with van der Waals surface area (Å²) in [7, 11) is -7.71. The lowest BCUT2D eigenvalue weighted by molar-refractivity contribution is -0.133. The number of amides is 2.